The largest absolute Gasteiger partial charge is 0.368 e. The minimum absolute atomic E-state index is 0.105. The van der Waals surface area contributed by atoms with Crippen molar-refractivity contribution in [1.82, 2.24) is 19.9 Å². The molecule has 146 valence electrons. The zero-order valence-corrected chi connectivity index (χ0v) is 16.5. The minimum atomic E-state index is -0.105. The molecule has 3 aromatic heterocycles. The summed E-state index contributed by atoms with van der Waals surface area (Å²) in [4.78, 5) is 27.0. The van der Waals surface area contributed by atoms with Gasteiger partial charge in [-0.05, 0) is 68.1 Å². The van der Waals surface area contributed by atoms with Crippen LogP contribution in [0.1, 0.15) is 36.7 Å². The van der Waals surface area contributed by atoms with Crippen LogP contribution in [0.4, 0.5) is 5.82 Å². The van der Waals surface area contributed by atoms with Gasteiger partial charge in [-0.2, -0.15) is 0 Å². The Morgan fingerprint density at radius 3 is 3.00 bits per heavy atom. The van der Waals surface area contributed by atoms with Crippen LogP contribution in [0.3, 0.4) is 0 Å². The molecule has 0 aliphatic carbocycles. The van der Waals surface area contributed by atoms with Gasteiger partial charge < -0.3 is 10.3 Å². The lowest BCUT2D eigenvalue weighted by atomic mass is 10.1. The molecule has 0 spiro atoms. The Bertz CT molecular complexity index is 1030. The number of rotatable bonds is 6. The van der Waals surface area contributed by atoms with E-state index in [1.165, 1.54) is 18.4 Å². The number of H-pyrrole nitrogens is 1. The average molecular weight is 377 g/mol. The molecule has 1 aliphatic heterocycles. The van der Waals surface area contributed by atoms with Gasteiger partial charge in [-0.25, -0.2) is 4.98 Å². The quantitative estimate of drug-likeness (QED) is 0.690. The number of nitrogens with one attached hydrogen (secondary N) is 2. The van der Waals surface area contributed by atoms with Crippen molar-refractivity contribution in [1.29, 1.82) is 0 Å². The SMILES string of the molecule is CCN1CCC[C@@H]1CNc1nc(Cc2cc(C)ccn2)cc2cc[nH]c(=O)c12. The van der Waals surface area contributed by atoms with Gasteiger partial charge in [0, 0.05) is 42.8 Å². The molecule has 1 aliphatic rings. The highest BCUT2D eigenvalue weighted by molar-refractivity contribution is 5.91. The molecule has 0 radical (unpaired) electrons. The van der Waals surface area contributed by atoms with Gasteiger partial charge in [0.1, 0.15) is 5.82 Å². The van der Waals surface area contributed by atoms with Crippen LogP contribution in [-0.4, -0.2) is 45.5 Å². The van der Waals surface area contributed by atoms with Gasteiger partial charge in [0.2, 0.25) is 0 Å². The van der Waals surface area contributed by atoms with Crippen LogP contribution >= 0.6 is 0 Å². The normalized spacial score (nSPS) is 17.3. The van der Waals surface area contributed by atoms with Crippen LogP contribution in [0.25, 0.3) is 10.8 Å². The van der Waals surface area contributed by atoms with Crippen LogP contribution in [-0.2, 0) is 6.42 Å². The molecule has 6 nitrogen and oxygen atoms in total. The average Bonchev–Trinajstić information content (AvgIpc) is 3.14. The summed E-state index contributed by atoms with van der Waals surface area (Å²) in [7, 11) is 0. The molecule has 1 atom stereocenters. The minimum Gasteiger partial charge on any atom is -0.368 e. The topological polar surface area (TPSA) is 73.9 Å². The number of hydrogen-bond acceptors (Lipinski definition) is 5. The van der Waals surface area contributed by atoms with Crippen LogP contribution in [0, 0.1) is 6.92 Å². The lowest BCUT2D eigenvalue weighted by Gasteiger charge is -2.23. The predicted octanol–water partition coefficient (Wildman–Crippen LogP) is 3.11. The maximum atomic E-state index is 12.5. The van der Waals surface area contributed by atoms with Crippen molar-refractivity contribution >= 4 is 16.6 Å². The number of nitrogens with zero attached hydrogens (tertiary/aromatic N) is 3. The third-order valence-corrected chi connectivity index (χ3v) is 5.55. The first-order valence-electron chi connectivity index (χ1n) is 10.0. The van der Waals surface area contributed by atoms with Gasteiger partial charge in [0.25, 0.3) is 5.56 Å². The van der Waals surface area contributed by atoms with Gasteiger partial charge in [0.15, 0.2) is 0 Å². The molecule has 0 unspecified atom stereocenters. The number of pyridine rings is 3. The first kappa shape index (κ1) is 18.6. The molecular weight excluding hydrogens is 350 g/mol. The van der Waals surface area contributed by atoms with Crippen LogP contribution in [0.15, 0.2) is 41.5 Å². The van der Waals surface area contributed by atoms with E-state index in [9.17, 15) is 4.79 Å². The third-order valence-electron chi connectivity index (χ3n) is 5.55. The molecule has 0 bridgehead atoms. The van der Waals surface area contributed by atoms with E-state index in [-0.39, 0.29) is 5.56 Å². The Morgan fingerprint density at radius 2 is 2.18 bits per heavy atom. The van der Waals surface area contributed by atoms with Crippen LogP contribution < -0.4 is 10.9 Å². The number of likely N-dealkylation sites (N-methyl/N-ethyl adjacent to an activating group) is 1. The number of aromatic amines is 1. The van der Waals surface area contributed by atoms with Crippen LogP contribution in [0.5, 0.6) is 0 Å². The lowest BCUT2D eigenvalue weighted by Crippen LogP contribution is -2.35. The van der Waals surface area contributed by atoms with Crippen molar-refractivity contribution < 1.29 is 0 Å². The highest BCUT2D eigenvalue weighted by atomic mass is 16.1. The van der Waals surface area contributed by atoms with Crippen molar-refractivity contribution in [2.75, 3.05) is 25.0 Å². The monoisotopic (exact) mass is 377 g/mol. The Balaban J connectivity index is 1.66. The van der Waals surface area contributed by atoms with Crippen molar-refractivity contribution in [3.8, 4) is 0 Å². The summed E-state index contributed by atoms with van der Waals surface area (Å²) in [5.41, 5.74) is 2.97. The molecule has 1 saturated heterocycles. The summed E-state index contributed by atoms with van der Waals surface area (Å²) in [6.45, 7) is 7.27. The molecule has 4 rings (SSSR count). The zero-order valence-electron chi connectivity index (χ0n) is 16.5. The summed E-state index contributed by atoms with van der Waals surface area (Å²) in [6, 6.07) is 8.49. The lowest BCUT2D eigenvalue weighted by molar-refractivity contribution is 0.277. The fourth-order valence-corrected chi connectivity index (χ4v) is 4.13. The highest BCUT2D eigenvalue weighted by Gasteiger charge is 2.23. The maximum absolute atomic E-state index is 12.5. The van der Waals surface area contributed by atoms with E-state index in [4.69, 9.17) is 4.98 Å². The zero-order chi connectivity index (χ0) is 19.5. The van der Waals surface area contributed by atoms with E-state index >= 15 is 0 Å². The molecular formula is C22H27N5O. The fourth-order valence-electron chi connectivity index (χ4n) is 4.13. The van der Waals surface area contributed by atoms with Crippen molar-refractivity contribution in [2.45, 2.75) is 39.2 Å². The Morgan fingerprint density at radius 1 is 1.29 bits per heavy atom. The molecule has 0 aromatic carbocycles. The summed E-state index contributed by atoms with van der Waals surface area (Å²) in [5.74, 6) is 0.671. The van der Waals surface area contributed by atoms with Gasteiger partial charge in [-0.15, -0.1) is 0 Å². The Hall–Kier alpha value is -2.73. The van der Waals surface area contributed by atoms with E-state index in [2.05, 4.69) is 40.1 Å². The van der Waals surface area contributed by atoms with E-state index in [1.807, 2.05) is 24.4 Å². The molecule has 4 heterocycles. The molecule has 2 N–H and O–H groups in total. The first-order valence-corrected chi connectivity index (χ1v) is 10.0. The van der Waals surface area contributed by atoms with Gasteiger partial charge in [-0.3, -0.25) is 14.7 Å². The van der Waals surface area contributed by atoms with E-state index in [0.29, 0.717) is 23.7 Å². The molecule has 1 fully saturated rings. The summed E-state index contributed by atoms with van der Waals surface area (Å²) < 4.78 is 0. The summed E-state index contributed by atoms with van der Waals surface area (Å²) in [6.07, 6.45) is 6.58. The number of hydrogen-bond donors (Lipinski definition) is 2. The Kier molecular flexibility index (Phi) is 5.39. The molecule has 0 saturated carbocycles. The predicted molar refractivity (Wildman–Crippen MR) is 113 cm³/mol. The smallest absolute Gasteiger partial charge is 0.259 e. The standard InChI is InChI=1S/C22H27N5O/c1-3-27-10-4-5-19(27)14-25-21-20-16(7-9-24-22(20)28)12-18(26-21)13-17-11-15(2)6-8-23-17/h6-9,11-12,19H,3-5,10,13-14H2,1-2H3,(H,24,28)(H,25,26)/t19-/m1/s1. The van der Waals surface area contributed by atoms with Gasteiger partial charge in [0.05, 0.1) is 5.39 Å². The second-order valence-electron chi connectivity index (χ2n) is 7.54. The summed E-state index contributed by atoms with van der Waals surface area (Å²) >= 11 is 0. The number of fused-ring (bicyclic) bond motifs is 1. The maximum Gasteiger partial charge on any atom is 0.259 e. The molecule has 0 amide bonds. The second kappa shape index (κ2) is 8.10. The van der Waals surface area contributed by atoms with E-state index in [0.717, 1.165) is 36.4 Å². The third kappa shape index (κ3) is 3.92. The van der Waals surface area contributed by atoms with Crippen molar-refractivity contribution in [3.05, 3.63) is 64.0 Å². The Labute approximate surface area is 165 Å². The highest BCUT2D eigenvalue weighted by Crippen LogP contribution is 2.22. The number of anilines is 1. The number of likely N-dealkylation sites (tertiary alicyclic amines) is 1. The molecule has 3 aromatic rings. The molecule has 28 heavy (non-hydrogen) atoms. The van der Waals surface area contributed by atoms with Crippen LogP contribution in [0.2, 0.25) is 0 Å². The number of aryl methyl sites for hydroxylation is 1. The van der Waals surface area contributed by atoms with E-state index < -0.39 is 0 Å². The van der Waals surface area contributed by atoms with Gasteiger partial charge in [-0.1, -0.05) is 6.92 Å². The first-order chi connectivity index (χ1) is 13.6. The van der Waals surface area contributed by atoms with Crippen molar-refractivity contribution in [3.63, 3.8) is 0 Å². The van der Waals surface area contributed by atoms with Gasteiger partial charge >= 0.3 is 0 Å². The number of aromatic nitrogens is 3. The van der Waals surface area contributed by atoms with E-state index in [1.54, 1.807) is 6.20 Å². The fraction of sp³-hybridized carbons (Fsp3) is 0.409. The van der Waals surface area contributed by atoms with Crippen molar-refractivity contribution in [2.24, 2.45) is 0 Å². The molecule has 6 heteroatoms. The second-order valence-corrected chi connectivity index (χ2v) is 7.54. The summed E-state index contributed by atoms with van der Waals surface area (Å²) in [5, 5.41) is 5.01.